The van der Waals surface area contributed by atoms with Crippen molar-refractivity contribution in [3.63, 3.8) is 0 Å². The molecule has 0 spiro atoms. The van der Waals surface area contributed by atoms with Gasteiger partial charge in [-0.05, 0) is 18.2 Å². The minimum Gasteiger partial charge on any atom is -0.326 e. The molecule has 4 nitrogen and oxygen atoms in total. The Bertz CT molecular complexity index is 570. The molecule has 0 atom stereocenters. The maximum atomic E-state index is 12.6. The van der Waals surface area contributed by atoms with Gasteiger partial charge >= 0.3 is 0 Å². The van der Waals surface area contributed by atoms with Gasteiger partial charge in [-0.2, -0.15) is 4.39 Å². The zero-order valence-electron chi connectivity index (χ0n) is 8.00. The molecule has 1 aromatic heterocycles. The van der Waals surface area contributed by atoms with E-state index in [1.165, 1.54) is 0 Å². The van der Waals surface area contributed by atoms with Crippen LogP contribution in [0.15, 0.2) is 35.3 Å². The first kappa shape index (κ1) is 10.6. The minimum atomic E-state index is -0.920. The molecule has 0 radical (unpaired) electrons. The lowest BCUT2D eigenvalue weighted by molar-refractivity contribution is 0.601. The third-order valence-electron chi connectivity index (χ3n) is 1.84. The summed E-state index contributed by atoms with van der Waals surface area (Å²) in [6.07, 6.45) is 0.853. The van der Waals surface area contributed by atoms with E-state index < -0.39 is 11.4 Å². The molecule has 2 aromatic rings. The monoisotopic (exact) mass is 239 g/mol. The number of halogens is 2. The van der Waals surface area contributed by atoms with Gasteiger partial charge in [-0.1, -0.05) is 17.7 Å². The van der Waals surface area contributed by atoms with E-state index >= 15 is 0 Å². The van der Waals surface area contributed by atoms with Crippen LogP contribution in [-0.4, -0.2) is 9.97 Å². The van der Waals surface area contributed by atoms with Crippen molar-refractivity contribution in [3.05, 3.63) is 51.7 Å². The van der Waals surface area contributed by atoms with Gasteiger partial charge in [0.05, 0.1) is 6.20 Å². The summed E-state index contributed by atoms with van der Waals surface area (Å²) >= 11 is 5.78. The van der Waals surface area contributed by atoms with Gasteiger partial charge < -0.3 is 5.32 Å². The number of hydrogen-bond acceptors (Lipinski definition) is 3. The smallest absolute Gasteiger partial charge is 0.288 e. The number of aromatic amines is 1. The predicted molar refractivity (Wildman–Crippen MR) is 59.6 cm³/mol. The van der Waals surface area contributed by atoms with Crippen molar-refractivity contribution in [1.29, 1.82) is 0 Å². The SMILES string of the molecule is O=c1[nH]c(Nc2cccc(Cl)c2)ncc1F. The summed E-state index contributed by atoms with van der Waals surface area (Å²) in [6, 6.07) is 6.86. The van der Waals surface area contributed by atoms with Crippen molar-refractivity contribution in [3.8, 4) is 0 Å². The van der Waals surface area contributed by atoms with Crippen LogP contribution in [0.25, 0.3) is 0 Å². The van der Waals surface area contributed by atoms with E-state index in [0.29, 0.717) is 10.7 Å². The van der Waals surface area contributed by atoms with Gasteiger partial charge in [0.1, 0.15) is 0 Å². The Labute approximate surface area is 95.1 Å². The molecule has 0 bridgehead atoms. The van der Waals surface area contributed by atoms with Crippen LogP contribution in [0.1, 0.15) is 0 Å². The zero-order chi connectivity index (χ0) is 11.5. The van der Waals surface area contributed by atoms with Crippen LogP contribution >= 0.6 is 11.6 Å². The predicted octanol–water partition coefficient (Wildman–Crippen LogP) is 2.31. The van der Waals surface area contributed by atoms with Crippen LogP contribution in [0.5, 0.6) is 0 Å². The third kappa shape index (κ3) is 2.38. The Morgan fingerprint density at radius 2 is 2.25 bits per heavy atom. The van der Waals surface area contributed by atoms with Crippen LogP contribution in [0.3, 0.4) is 0 Å². The number of nitrogens with one attached hydrogen (secondary N) is 2. The largest absolute Gasteiger partial charge is 0.326 e. The van der Waals surface area contributed by atoms with E-state index in [9.17, 15) is 9.18 Å². The summed E-state index contributed by atoms with van der Waals surface area (Å²) in [5.41, 5.74) is -0.165. The highest BCUT2D eigenvalue weighted by molar-refractivity contribution is 6.30. The fourth-order valence-electron chi connectivity index (χ4n) is 1.15. The molecule has 16 heavy (non-hydrogen) atoms. The molecule has 1 aromatic carbocycles. The summed E-state index contributed by atoms with van der Waals surface area (Å²) in [6.45, 7) is 0. The maximum absolute atomic E-state index is 12.6. The first-order valence-electron chi connectivity index (χ1n) is 4.42. The number of benzene rings is 1. The van der Waals surface area contributed by atoms with Gasteiger partial charge in [-0.15, -0.1) is 0 Å². The van der Waals surface area contributed by atoms with Crippen molar-refractivity contribution >= 4 is 23.2 Å². The average Bonchev–Trinajstić information content (AvgIpc) is 2.24. The highest BCUT2D eigenvalue weighted by Gasteiger charge is 2.01. The number of nitrogens with zero attached hydrogens (tertiary/aromatic N) is 1. The Morgan fingerprint density at radius 3 is 2.94 bits per heavy atom. The molecule has 2 rings (SSSR count). The molecule has 0 saturated heterocycles. The van der Waals surface area contributed by atoms with Crippen LogP contribution in [-0.2, 0) is 0 Å². The molecule has 0 amide bonds. The second-order valence-electron chi connectivity index (χ2n) is 3.04. The second kappa shape index (κ2) is 4.32. The molecule has 82 valence electrons. The molecule has 6 heteroatoms. The average molecular weight is 240 g/mol. The van der Waals surface area contributed by atoms with Crippen molar-refractivity contribution < 1.29 is 4.39 Å². The van der Waals surface area contributed by atoms with Gasteiger partial charge in [-0.3, -0.25) is 9.78 Å². The molecule has 0 aliphatic heterocycles. The van der Waals surface area contributed by atoms with E-state index in [4.69, 9.17) is 11.6 Å². The molecule has 0 saturated carbocycles. The Hall–Kier alpha value is -1.88. The van der Waals surface area contributed by atoms with E-state index in [1.54, 1.807) is 24.3 Å². The summed E-state index contributed by atoms with van der Waals surface area (Å²) in [7, 11) is 0. The van der Waals surface area contributed by atoms with E-state index in [-0.39, 0.29) is 5.95 Å². The molecule has 0 fully saturated rings. The molecular weight excluding hydrogens is 233 g/mol. The normalized spacial score (nSPS) is 10.1. The standard InChI is InChI=1S/C10H7ClFN3O/c11-6-2-1-3-7(4-6)14-10-13-5-8(12)9(16)15-10/h1-5H,(H2,13,14,15,16). The number of anilines is 2. The summed E-state index contributed by atoms with van der Waals surface area (Å²) in [4.78, 5) is 16.9. The van der Waals surface area contributed by atoms with E-state index in [0.717, 1.165) is 6.20 Å². The minimum absolute atomic E-state index is 0.161. The molecule has 2 N–H and O–H groups in total. The lowest BCUT2D eigenvalue weighted by Crippen LogP contribution is -2.13. The van der Waals surface area contributed by atoms with Crippen LogP contribution < -0.4 is 10.9 Å². The topological polar surface area (TPSA) is 57.8 Å². The first-order chi connectivity index (χ1) is 7.65. The van der Waals surface area contributed by atoms with E-state index in [1.807, 2.05) is 0 Å². The lowest BCUT2D eigenvalue weighted by atomic mass is 10.3. The highest BCUT2D eigenvalue weighted by atomic mass is 35.5. The van der Waals surface area contributed by atoms with Crippen LogP contribution in [0.2, 0.25) is 5.02 Å². The number of rotatable bonds is 2. The molecule has 0 unspecified atom stereocenters. The van der Waals surface area contributed by atoms with Gasteiger partial charge in [0.25, 0.3) is 5.56 Å². The summed E-state index contributed by atoms with van der Waals surface area (Å²) < 4.78 is 12.6. The van der Waals surface area contributed by atoms with Crippen LogP contribution in [0, 0.1) is 5.82 Å². The van der Waals surface area contributed by atoms with Gasteiger partial charge in [0.2, 0.25) is 11.8 Å². The number of H-pyrrole nitrogens is 1. The Morgan fingerprint density at radius 1 is 1.44 bits per heavy atom. The molecule has 0 aliphatic rings. The summed E-state index contributed by atoms with van der Waals surface area (Å²) in [5.74, 6) is -0.759. The summed E-state index contributed by atoms with van der Waals surface area (Å²) in [5, 5.41) is 3.35. The van der Waals surface area contributed by atoms with Crippen molar-refractivity contribution in [2.24, 2.45) is 0 Å². The number of hydrogen-bond donors (Lipinski definition) is 2. The first-order valence-corrected chi connectivity index (χ1v) is 4.80. The fourth-order valence-corrected chi connectivity index (χ4v) is 1.34. The zero-order valence-corrected chi connectivity index (χ0v) is 8.75. The second-order valence-corrected chi connectivity index (χ2v) is 3.48. The number of aromatic nitrogens is 2. The van der Waals surface area contributed by atoms with E-state index in [2.05, 4.69) is 15.3 Å². The Balaban J connectivity index is 2.27. The fraction of sp³-hybridized carbons (Fsp3) is 0. The molecule has 0 aliphatic carbocycles. The quantitative estimate of drug-likeness (QED) is 0.846. The van der Waals surface area contributed by atoms with Gasteiger partial charge in [0.15, 0.2) is 0 Å². The van der Waals surface area contributed by atoms with Crippen molar-refractivity contribution in [2.45, 2.75) is 0 Å². The Kier molecular flexibility index (Phi) is 2.87. The van der Waals surface area contributed by atoms with Gasteiger partial charge in [0, 0.05) is 10.7 Å². The lowest BCUT2D eigenvalue weighted by Gasteiger charge is -2.04. The highest BCUT2D eigenvalue weighted by Crippen LogP contribution is 2.17. The van der Waals surface area contributed by atoms with Gasteiger partial charge in [-0.25, -0.2) is 4.98 Å². The van der Waals surface area contributed by atoms with Crippen molar-refractivity contribution in [2.75, 3.05) is 5.32 Å². The molecule has 1 heterocycles. The molecular formula is C10H7ClFN3O. The van der Waals surface area contributed by atoms with Crippen LogP contribution in [0.4, 0.5) is 16.0 Å². The van der Waals surface area contributed by atoms with Crippen molar-refractivity contribution in [1.82, 2.24) is 9.97 Å². The maximum Gasteiger partial charge on any atom is 0.288 e. The third-order valence-corrected chi connectivity index (χ3v) is 2.08.